The summed E-state index contributed by atoms with van der Waals surface area (Å²) in [5.41, 5.74) is 1.03. The number of ether oxygens (including phenoxy) is 1. The van der Waals surface area contributed by atoms with Gasteiger partial charge in [-0.05, 0) is 43.2 Å². The first-order valence-corrected chi connectivity index (χ1v) is 8.74. The second-order valence-electron chi connectivity index (χ2n) is 5.90. The number of nitrogens with zero attached hydrogens (tertiary/aromatic N) is 1. The molecule has 2 aromatic rings. The smallest absolute Gasteiger partial charge is 0.257 e. The Morgan fingerprint density at radius 3 is 2.77 bits per heavy atom. The number of halogens is 2. The summed E-state index contributed by atoms with van der Waals surface area (Å²) in [4.78, 5) is 16.8. The van der Waals surface area contributed by atoms with Crippen molar-refractivity contribution in [2.24, 2.45) is 4.99 Å². The number of guanidine groups is 1. The van der Waals surface area contributed by atoms with Gasteiger partial charge in [-0.1, -0.05) is 29.8 Å². The topological polar surface area (TPSA) is 62.7 Å². The van der Waals surface area contributed by atoms with Crippen LogP contribution < -0.4 is 10.6 Å². The molecule has 2 N–H and O–H groups in total. The summed E-state index contributed by atoms with van der Waals surface area (Å²) in [5.74, 6) is -0.544. The fourth-order valence-corrected chi connectivity index (χ4v) is 2.75. The molecule has 1 saturated heterocycles. The molecule has 136 valence electrons. The van der Waals surface area contributed by atoms with Crippen molar-refractivity contribution >= 4 is 29.2 Å². The monoisotopic (exact) mass is 375 g/mol. The summed E-state index contributed by atoms with van der Waals surface area (Å²) >= 11 is 5.82. The normalized spacial score (nSPS) is 17.2. The Bertz CT molecular complexity index is 793. The highest BCUT2D eigenvalue weighted by atomic mass is 35.5. The van der Waals surface area contributed by atoms with Crippen molar-refractivity contribution in [3.05, 3.63) is 64.9 Å². The molecule has 1 atom stereocenters. The Labute approximate surface area is 156 Å². The van der Waals surface area contributed by atoms with Gasteiger partial charge in [0.25, 0.3) is 5.91 Å². The van der Waals surface area contributed by atoms with E-state index in [4.69, 9.17) is 16.3 Å². The molecule has 5 nitrogen and oxygen atoms in total. The molecule has 0 saturated carbocycles. The highest BCUT2D eigenvalue weighted by molar-refractivity contribution is 6.31. The molecule has 7 heteroatoms. The average Bonchev–Trinajstić information content (AvgIpc) is 3.17. The third kappa shape index (κ3) is 5.03. The molecular formula is C19H19ClFN3O2. The first-order valence-electron chi connectivity index (χ1n) is 8.36. The lowest BCUT2D eigenvalue weighted by molar-refractivity contribution is 0.0975. The number of carbonyl (C=O) groups excluding carboxylic acids is 1. The van der Waals surface area contributed by atoms with E-state index < -0.39 is 5.82 Å². The third-order valence-electron chi connectivity index (χ3n) is 3.93. The Hall–Kier alpha value is -2.44. The molecule has 0 bridgehead atoms. The van der Waals surface area contributed by atoms with E-state index in [9.17, 15) is 9.18 Å². The van der Waals surface area contributed by atoms with Gasteiger partial charge in [0, 0.05) is 17.9 Å². The van der Waals surface area contributed by atoms with Gasteiger partial charge in [0.2, 0.25) is 5.96 Å². The standard InChI is InChI=1S/C19H19ClFN3O2/c20-16-11-14(8-9-17(16)21)23-19(22-12-15-7-4-10-26-15)24-18(25)13-5-2-1-3-6-13/h1-3,5-6,8-9,11,15H,4,7,10,12H2,(H2,22,23,24,25)/t15-/m1/s1. The van der Waals surface area contributed by atoms with E-state index in [-0.39, 0.29) is 23.0 Å². The van der Waals surface area contributed by atoms with Crippen LogP contribution in [0.1, 0.15) is 23.2 Å². The Balaban J connectivity index is 1.75. The fraction of sp³-hybridized carbons (Fsp3) is 0.263. The SMILES string of the molecule is O=C(NC(=NC[C@H]1CCCO1)Nc1ccc(F)c(Cl)c1)c1ccccc1. The van der Waals surface area contributed by atoms with Gasteiger partial charge in [-0.25, -0.2) is 9.38 Å². The van der Waals surface area contributed by atoms with Gasteiger partial charge in [-0.2, -0.15) is 0 Å². The molecule has 1 heterocycles. The van der Waals surface area contributed by atoms with Gasteiger partial charge < -0.3 is 10.1 Å². The molecule has 0 unspecified atom stereocenters. The molecule has 0 spiro atoms. The van der Waals surface area contributed by atoms with Crippen molar-refractivity contribution in [2.45, 2.75) is 18.9 Å². The lowest BCUT2D eigenvalue weighted by Crippen LogP contribution is -2.36. The van der Waals surface area contributed by atoms with Crippen LogP contribution in [0.4, 0.5) is 10.1 Å². The Morgan fingerprint density at radius 2 is 2.08 bits per heavy atom. The van der Waals surface area contributed by atoms with Gasteiger partial charge >= 0.3 is 0 Å². The molecular weight excluding hydrogens is 357 g/mol. The molecule has 1 aliphatic heterocycles. The van der Waals surface area contributed by atoms with E-state index in [1.54, 1.807) is 24.3 Å². The predicted molar refractivity (Wildman–Crippen MR) is 100 cm³/mol. The number of hydrogen-bond donors (Lipinski definition) is 2. The van der Waals surface area contributed by atoms with Crippen molar-refractivity contribution < 1.29 is 13.9 Å². The fourth-order valence-electron chi connectivity index (χ4n) is 2.57. The van der Waals surface area contributed by atoms with Crippen LogP contribution in [-0.2, 0) is 4.74 Å². The zero-order valence-corrected chi connectivity index (χ0v) is 14.8. The van der Waals surface area contributed by atoms with Crippen LogP contribution in [0, 0.1) is 5.82 Å². The molecule has 1 aliphatic rings. The number of nitrogens with one attached hydrogen (secondary N) is 2. The quantitative estimate of drug-likeness (QED) is 0.630. The second-order valence-corrected chi connectivity index (χ2v) is 6.31. The summed E-state index contributed by atoms with van der Waals surface area (Å²) < 4.78 is 18.9. The summed E-state index contributed by atoms with van der Waals surface area (Å²) in [6.07, 6.45) is 1.98. The summed E-state index contributed by atoms with van der Waals surface area (Å²) in [5, 5.41) is 5.72. The first kappa shape index (κ1) is 18.4. The highest BCUT2D eigenvalue weighted by Gasteiger charge is 2.16. The number of carbonyl (C=O) groups is 1. The average molecular weight is 376 g/mol. The van der Waals surface area contributed by atoms with Crippen LogP contribution in [-0.4, -0.2) is 31.1 Å². The largest absolute Gasteiger partial charge is 0.376 e. The molecule has 1 fully saturated rings. The lowest BCUT2D eigenvalue weighted by Gasteiger charge is -2.13. The highest BCUT2D eigenvalue weighted by Crippen LogP contribution is 2.19. The number of rotatable bonds is 4. The molecule has 0 aliphatic carbocycles. The molecule has 1 amide bonds. The second kappa shape index (κ2) is 8.78. The molecule has 0 aromatic heterocycles. The maximum Gasteiger partial charge on any atom is 0.257 e. The van der Waals surface area contributed by atoms with Crippen LogP contribution in [0.25, 0.3) is 0 Å². The number of amides is 1. The van der Waals surface area contributed by atoms with Crippen molar-refractivity contribution in [3.8, 4) is 0 Å². The summed E-state index contributed by atoms with van der Waals surface area (Å²) in [6, 6.07) is 13.0. The summed E-state index contributed by atoms with van der Waals surface area (Å²) in [6.45, 7) is 1.15. The molecule has 2 aromatic carbocycles. The first-order chi connectivity index (χ1) is 12.6. The van der Waals surface area contributed by atoms with E-state index in [2.05, 4.69) is 15.6 Å². The van der Waals surface area contributed by atoms with Crippen LogP contribution in [0.3, 0.4) is 0 Å². The molecule has 0 radical (unpaired) electrons. The van der Waals surface area contributed by atoms with Crippen LogP contribution in [0.5, 0.6) is 0 Å². The van der Waals surface area contributed by atoms with Crippen molar-refractivity contribution in [1.29, 1.82) is 0 Å². The van der Waals surface area contributed by atoms with Crippen LogP contribution in [0.2, 0.25) is 5.02 Å². The number of anilines is 1. The zero-order valence-electron chi connectivity index (χ0n) is 14.0. The van der Waals surface area contributed by atoms with Gasteiger partial charge in [0.05, 0.1) is 17.7 Å². The Morgan fingerprint density at radius 1 is 1.27 bits per heavy atom. The van der Waals surface area contributed by atoms with Crippen molar-refractivity contribution in [3.63, 3.8) is 0 Å². The minimum atomic E-state index is -0.511. The maximum atomic E-state index is 13.3. The third-order valence-corrected chi connectivity index (χ3v) is 4.22. The van der Waals surface area contributed by atoms with E-state index in [1.165, 1.54) is 18.2 Å². The minimum absolute atomic E-state index is 0.0112. The van der Waals surface area contributed by atoms with Gasteiger partial charge in [-0.3, -0.25) is 10.1 Å². The number of aliphatic imine (C=N–C) groups is 1. The van der Waals surface area contributed by atoms with Gasteiger partial charge in [0.1, 0.15) is 5.82 Å². The maximum absolute atomic E-state index is 13.3. The summed E-state index contributed by atoms with van der Waals surface area (Å²) in [7, 11) is 0. The van der Waals surface area contributed by atoms with Gasteiger partial charge in [-0.15, -0.1) is 0 Å². The number of hydrogen-bond acceptors (Lipinski definition) is 3. The predicted octanol–water partition coefficient (Wildman–Crippen LogP) is 3.86. The van der Waals surface area contributed by atoms with Crippen molar-refractivity contribution in [2.75, 3.05) is 18.5 Å². The number of benzene rings is 2. The van der Waals surface area contributed by atoms with E-state index in [0.717, 1.165) is 19.4 Å². The van der Waals surface area contributed by atoms with Crippen LogP contribution in [0.15, 0.2) is 53.5 Å². The van der Waals surface area contributed by atoms with Crippen LogP contribution >= 0.6 is 11.6 Å². The Kier molecular flexibility index (Phi) is 6.20. The van der Waals surface area contributed by atoms with E-state index in [0.29, 0.717) is 17.8 Å². The van der Waals surface area contributed by atoms with Crippen molar-refractivity contribution in [1.82, 2.24) is 5.32 Å². The van der Waals surface area contributed by atoms with E-state index in [1.807, 2.05) is 6.07 Å². The zero-order chi connectivity index (χ0) is 18.4. The molecule has 26 heavy (non-hydrogen) atoms. The molecule has 3 rings (SSSR count). The lowest BCUT2D eigenvalue weighted by atomic mass is 10.2. The minimum Gasteiger partial charge on any atom is -0.376 e. The van der Waals surface area contributed by atoms with Gasteiger partial charge in [0.15, 0.2) is 0 Å². The van der Waals surface area contributed by atoms with E-state index >= 15 is 0 Å².